The monoisotopic (exact) mass is 433 g/mol. The van der Waals surface area contributed by atoms with Crippen molar-refractivity contribution in [2.24, 2.45) is 7.05 Å². The molecule has 8 heteroatoms. The summed E-state index contributed by atoms with van der Waals surface area (Å²) in [6.45, 7) is 2.98. The number of nitrogens with zero attached hydrogens (tertiary/aromatic N) is 5. The van der Waals surface area contributed by atoms with Gasteiger partial charge in [-0.1, -0.05) is 27.7 Å². The molecule has 26 heavy (non-hydrogen) atoms. The molecule has 0 aliphatic carbocycles. The number of aryl methyl sites for hydroxylation is 1. The summed E-state index contributed by atoms with van der Waals surface area (Å²) in [6, 6.07) is 6.40. The van der Waals surface area contributed by atoms with Crippen LogP contribution in [-0.4, -0.2) is 48.9 Å². The molecule has 2 aromatic heterocycles. The Kier molecular flexibility index (Phi) is 4.88. The Labute approximate surface area is 164 Å². The van der Waals surface area contributed by atoms with Crippen LogP contribution in [-0.2, 0) is 11.8 Å². The number of amides is 1. The number of carbonyl (C=O) groups is 1. The Bertz CT molecular complexity index is 989. The van der Waals surface area contributed by atoms with Crippen LogP contribution in [0.15, 0.2) is 27.8 Å². The van der Waals surface area contributed by atoms with E-state index < -0.39 is 0 Å². The van der Waals surface area contributed by atoms with E-state index in [-0.39, 0.29) is 5.91 Å². The minimum atomic E-state index is 0.159. The molecule has 1 aromatic carbocycles. The quantitative estimate of drug-likeness (QED) is 0.588. The van der Waals surface area contributed by atoms with Crippen LogP contribution >= 0.6 is 27.7 Å². The second-order valence-electron chi connectivity index (χ2n) is 6.71. The highest BCUT2D eigenvalue weighted by Gasteiger charge is 2.23. The SMILES string of the molecule is CC1CCCCN1C(=O)CSc1nnc2c3cc(Br)ccc3n(C)c2n1. The van der Waals surface area contributed by atoms with Gasteiger partial charge in [0, 0.05) is 29.5 Å². The third-order valence-corrected chi connectivity index (χ3v) is 6.31. The number of hydrogen-bond acceptors (Lipinski definition) is 5. The van der Waals surface area contributed by atoms with Crippen molar-refractivity contribution in [1.82, 2.24) is 24.6 Å². The highest BCUT2D eigenvalue weighted by molar-refractivity contribution is 9.10. The van der Waals surface area contributed by atoms with Crippen molar-refractivity contribution in [3.63, 3.8) is 0 Å². The van der Waals surface area contributed by atoms with Crippen LogP contribution in [0.2, 0.25) is 0 Å². The first kappa shape index (κ1) is 17.7. The van der Waals surface area contributed by atoms with Crippen molar-refractivity contribution in [3.05, 3.63) is 22.7 Å². The van der Waals surface area contributed by atoms with Crippen LogP contribution in [0.5, 0.6) is 0 Å². The van der Waals surface area contributed by atoms with Crippen LogP contribution in [0.4, 0.5) is 0 Å². The van der Waals surface area contributed by atoms with Gasteiger partial charge in [0.1, 0.15) is 5.52 Å². The molecule has 136 valence electrons. The average Bonchev–Trinajstić information content (AvgIpc) is 2.91. The van der Waals surface area contributed by atoms with Crippen molar-refractivity contribution in [1.29, 1.82) is 0 Å². The van der Waals surface area contributed by atoms with Crippen LogP contribution in [0.25, 0.3) is 22.1 Å². The molecular weight excluding hydrogens is 414 g/mol. The van der Waals surface area contributed by atoms with Gasteiger partial charge in [-0.25, -0.2) is 4.98 Å². The number of carbonyl (C=O) groups excluding carboxylic acids is 1. The maximum atomic E-state index is 12.5. The molecule has 1 unspecified atom stereocenters. The first-order valence-electron chi connectivity index (χ1n) is 8.75. The zero-order valence-corrected chi connectivity index (χ0v) is 17.2. The van der Waals surface area contributed by atoms with E-state index in [9.17, 15) is 4.79 Å². The number of piperidine rings is 1. The summed E-state index contributed by atoms with van der Waals surface area (Å²) in [7, 11) is 1.97. The van der Waals surface area contributed by atoms with E-state index in [2.05, 4.69) is 38.0 Å². The Morgan fingerprint density at radius 1 is 1.35 bits per heavy atom. The zero-order valence-electron chi connectivity index (χ0n) is 14.8. The molecule has 1 atom stereocenters. The van der Waals surface area contributed by atoms with E-state index in [1.165, 1.54) is 18.2 Å². The first-order valence-corrected chi connectivity index (χ1v) is 10.5. The van der Waals surface area contributed by atoms with Crippen molar-refractivity contribution in [2.75, 3.05) is 12.3 Å². The maximum absolute atomic E-state index is 12.5. The number of rotatable bonds is 3. The van der Waals surface area contributed by atoms with Gasteiger partial charge >= 0.3 is 0 Å². The van der Waals surface area contributed by atoms with Crippen LogP contribution < -0.4 is 0 Å². The van der Waals surface area contributed by atoms with Crippen molar-refractivity contribution in [3.8, 4) is 0 Å². The van der Waals surface area contributed by atoms with Gasteiger partial charge in [0.15, 0.2) is 5.65 Å². The van der Waals surface area contributed by atoms with Crippen molar-refractivity contribution in [2.45, 2.75) is 37.4 Å². The van der Waals surface area contributed by atoms with Gasteiger partial charge in [-0.15, -0.1) is 10.2 Å². The molecule has 6 nitrogen and oxygen atoms in total. The third kappa shape index (κ3) is 3.20. The summed E-state index contributed by atoms with van der Waals surface area (Å²) < 4.78 is 3.02. The van der Waals surface area contributed by atoms with Gasteiger partial charge in [-0.2, -0.15) is 0 Å². The molecule has 1 aliphatic rings. The fourth-order valence-electron chi connectivity index (χ4n) is 3.56. The van der Waals surface area contributed by atoms with E-state index in [1.54, 1.807) is 0 Å². The van der Waals surface area contributed by atoms with Crippen molar-refractivity contribution >= 4 is 55.7 Å². The fraction of sp³-hybridized carbons (Fsp3) is 0.444. The maximum Gasteiger partial charge on any atom is 0.233 e. The molecule has 0 bridgehead atoms. The molecule has 0 saturated carbocycles. The summed E-state index contributed by atoms with van der Waals surface area (Å²) in [5, 5.41) is 10.2. The highest BCUT2D eigenvalue weighted by Crippen LogP contribution is 2.29. The lowest BCUT2D eigenvalue weighted by atomic mass is 10.0. The number of hydrogen-bond donors (Lipinski definition) is 0. The molecule has 1 saturated heterocycles. The number of benzene rings is 1. The lowest BCUT2D eigenvalue weighted by Gasteiger charge is -2.33. The fourth-order valence-corrected chi connectivity index (χ4v) is 4.58. The molecule has 1 fully saturated rings. The predicted molar refractivity (Wildman–Crippen MR) is 107 cm³/mol. The van der Waals surface area contributed by atoms with Gasteiger partial charge < -0.3 is 9.47 Å². The summed E-state index contributed by atoms with van der Waals surface area (Å²) in [5.74, 6) is 0.513. The Morgan fingerprint density at radius 3 is 3.00 bits per heavy atom. The molecule has 1 aliphatic heterocycles. The number of halogens is 1. The van der Waals surface area contributed by atoms with E-state index >= 15 is 0 Å². The summed E-state index contributed by atoms with van der Waals surface area (Å²) >= 11 is 4.86. The van der Waals surface area contributed by atoms with Crippen LogP contribution in [0.3, 0.4) is 0 Å². The van der Waals surface area contributed by atoms with E-state index in [0.717, 1.165) is 45.9 Å². The van der Waals surface area contributed by atoms with Crippen molar-refractivity contribution < 1.29 is 4.79 Å². The molecule has 4 rings (SSSR count). The van der Waals surface area contributed by atoms with Crippen LogP contribution in [0, 0.1) is 0 Å². The standard InChI is InChI=1S/C18H20BrN5OS/c1-11-5-3-4-8-24(11)15(25)10-26-18-20-17-16(21-22-18)13-9-12(19)6-7-14(13)23(17)2/h6-7,9,11H,3-5,8,10H2,1-2H3. The smallest absolute Gasteiger partial charge is 0.233 e. The normalized spacial score (nSPS) is 18.0. The van der Waals surface area contributed by atoms with Gasteiger partial charge in [0.25, 0.3) is 0 Å². The molecule has 0 N–H and O–H groups in total. The first-order chi connectivity index (χ1) is 12.5. The van der Waals surface area contributed by atoms with E-state index in [4.69, 9.17) is 0 Å². The predicted octanol–water partition coefficient (Wildman–Crippen LogP) is 3.77. The number of fused-ring (bicyclic) bond motifs is 3. The molecule has 0 radical (unpaired) electrons. The topological polar surface area (TPSA) is 63.9 Å². The second kappa shape index (κ2) is 7.15. The van der Waals surface area contributed by atoms with E-state index in [0.29, 0.717) is 17.0 Å². The highest BCUT2D eigenvalue weighted by atomic mass is 79.9. The minimum Gasteiger partial charge on any atom is -0.339 e. The molecule has 0 spiro atoms. The lowest BCUT2D eigenvalue weighted by Crippen LogP contribution is -2.42. The third-order valence-electron chi connectivity index (χ3n) is 4.99. The lowest BCUT2D eigenvalue weighted by molar-refractivity contribution is -0.131. The number of likely N-dealkylation sites (tertiary alicyclic amines) is 1. The Morgan fingerprint density at radius 2 is 2.19 bits per heavy atom. The van der Waals surface area contributed by atoms with Gasteiger partial charge in [-0.05, 0) is 44.4 Å². The summed E-state index contributed by atoms with van der Waals surface area (Å²) in [4.78, 5) is 19.1. The Hall–Kier alpha value is -1.67. The van der Waals surface area contributed by atoms with Gasteiger partial charge in [0.2, 0.25) is 11.1 Å². The molecular formula is C18H20BrN5OS. The average molecular weight is 434 g/mol. The van der Waals surface area contributed by atoms with E-state index in [1.807, 2.05) is 34.7 Å². The number of aromatic nitrogens is 4. The summed E-state index contributed by atoms with van der Waals surface area (Å²) in [5.41, 5.74) is 2.63. The molecule has 3 heterocycles. The minimum absolute atomic E-state index is 0.159. The molecule has 3 aromatic rings. The molecule has 1 amide bonds. The Balaban J connectivity index is 1.57. The summed E-state index contributed by atoms with van der Waals surface area (Å²) in [6.07, 6.45) is 3.39. The largest absolute Gasteiger partial charge is 0.339 e. The van der Waals surface area contributed by atoms with Gasteiger partial charge in [-0.3, -0.25) is 4.79 Å². The van der Waals surface area contributed by atoms with Crippen LogP contribution in [0.1, 0.15) is 26.2 Å². The second-order valence-corrected chi connectivity index (χ2v) is 8.57. The van der Waals surface area contributed by atoms with Gasteiger partial charge in [0.05, 0.1) is 11.3 Å². The number of thioether (sulfide) groups is 1. The zero-order chi connectivity index (χ0) is 18.3.